The van der Waals surface area contributed by atoms with E-state index >= 15 is 0 Å². The standard InChI is InChI=1S/C22H26N6O/c23-21(27-18-9-4-6-16(14-18)15-28-13-5-11-25-28)20-19(10-12-24-22(20)29)26-17-7-2-1-3-8-17/h4-6,9-14,17H,1-3,7-8,15H2,(H2,23,27)(H2,24,26,29). The first-order chi connectivity index (χ1) is 14.2. The number of nitrogens with zero attached hydrogens (tertiary/aromatic N) is 2. The van der Waals surface area contributed by atoms with E-state index in [2.05, 4.69) is 20.7 Å². The van der Waals surface area contributed by atoms with Gasteiger partial charge in [-0.25, -0.2) is 0 Å². The molecule has 0 amide bonds. The molecule has 150 valence electrons. The van der Waals surface area contributed by atoms with Crippen LogP contribution in [0.3, 0.4) is 0 Å². The molecule has 0 bridgehead atoms. The largest absolute Gasteiger partial charge is 0.382 e. The minimum absolute atomic E-state index is 0.0846. The van der Waals surface area contributed by atoms with Gasteiger partial charge in [-0.1, -0.05) is 31.4 Å². The minimum Gasteiger partial charge on any atom is -0.382 e. The summed E-state index contributed by atoms with van der Waals surface area (Å²) >= 11 is 0. The van der Waals surface area contributed by atoms with Crippen LogP contribution in [0.2, 0.25) is 0 Å². The molecule has 1 aliphatic rings. The van der Waals surface area contributed by atoms with Crippen molar-refractivity contribution in [1.82, 2.24) is 14.8 Å². The van der Waals surface area contributed by atoms with Crippen LogP contribution in [0.5, 0.6) is 0 Å². The molecule has 4 rings (SSSR count). The summed E-state index contributed by atoms with van der Waals surface area (Å²) in [5, 5.41) is 19.3. The molecule has 2 aromatic heterocycles. The first kappa shape index (κ1) is 19.0. The predicted octanol–water partition coefficient (Wildman–Crippen LogP) is 3.80. The lowest BCUT2D eigenvalue weighted by Crippen LogP contribution is -2.29. The number of hydrogen-bond acceptors (Lipinski definition) is 4. The lowest BCUT2D eigenvalue weighted by molar-refractivity contribution is 0.462. The Morgan fingerprint density at radius 1 is 1.21 bits per heavy atom. The van der Waals surface area contributed by atoms with E-state index in [1.54, 1.807) is 12.4 Å². The van der Waals surface area contributed by atoms with E-state index in [1.807, 2.05) is 47.3 Å². The van der Waals surface area contributed by atoms with Crippen molar-refractivity contribution in [1.29, 1.82) is 5.41 Å². The van der Waals surface area contributed by atoms with Gasteiger partial charge in [-0.05, 0) is 42.7 Å². The number of rotatable bonds is 6. The Balaban J connectivity index is 1.52. The Morgan fingerprint density at radius 3 is 2.86 bits per heavy atom. The van der Waals surface area contributed by atoms with Crippen molar-refractivity contribution in [2.24, 2.45) is 0 Å². The van der Waals surface area contributed by atoms with E-state index in [0.29, 0.717) is 23.8 Å². The van der Waals surface area contributed by atoms with Gasteiger partial charge in [0, 0.05) is 30.3 Å². The maximum Gasteiger partial charge on any atom is 0.261 e. The van der Waals surface area contributed by atoms with Gasteiger partial charge in [0.05, 0.1) is 12.2 Å². The fourth-order valence-corrected chi connectivity index (χ4v) is 3.85. The molecule has 1 saturated carbocycles. The van der Waals surface area contributed by atoms with E-state index in [1.165, 1.54) is 19.3 Å². The van der Waals surface area contributed by atoms with E-state index in [0.717, 1.165) is 24.1 Å². The number of benzene rings is 1. The SMILES string of the molecule is N=C(Nc1cccc(Cn2cccn2)c1)c1c(NC2CCCCC2)cc[nH]c1=O. The first-order valence-corrected chi connectivity index (χ1v) is 10.1. The molecule has 0 spiro atoms. The van der Waals surface area contributed by atoms with E-state index in [9.17, 15) is 4.79 Å². The summed E-state index contributed by atoms with van der Waals surface area (Å²) < 4.78 is 1.85. The molecule has 3 aromatic rings. The molecule has 0 radical (unpaired) electrons. The number of anilines is 2. The third kappa shape index (κ3) is 4.74. The molecule has 0 unspecified atom stereocenters. The van der Waals surface area contributed by atoms with Crippen LogP contribution in [0.1, 0.15) is 43.2 Å². The highest BCUT2D eigenvalue weighted by atomic mass is 16.1. The Kier molecular flexibility index (Phi) is 5.74. The molecule has 0 saturated heterocycles. The number of H-pyrrole nitrogens is 1. The van der Waals surface area contributed by atoms with Gasteiger partial charge < -0.3 is 15.6 Å². The third-order valence-corrected chi connectivity index (χ3v) is 5.28. The summed E-state index contributed by atoms with van der Waals surface area (Å²) in [5.41, 5.74) is 2.62. The number of amidine groups is 1. The van der Waals surface area contributed by atoms with Crippen LogP contribution in [0.4, 0.5) is 11.4 Å². The highest BCUT2D eigenvalue weighted by molar-refractivity contribution is 6.09. The zero-order valence-corrected chi connectivity index (χ0v) is 16.3. The molecule has 4 N–H and O–H groups in total. The van der Waals surface area contributed by atoms with Gasteiger partial charge >= 0.3 is 0 Å². The molecule has 7 nitrogen and oxygen atoms in total. The van der Waals surface area contributed by atoms with Crippen molar-refractivity contribution in [2.45, 2.75) is 44.7 Å². The van der Waals surface area contributed by atoms with Crippen LogP contribution in [-0.2, 0) is 6.54 Å². The predicted molar refractivity (Wildman–Crippen MR) is 116 cm³/mol. The molecule has 1 aliphatic carbocycles. The monoisotopic (exact) mass is 390 g/mol. The molecule has 1 aromatic carbocycles. The lowest BCUT2D eigenvalue weighted by Gasteiger charge is -2.25. The van der Waals surface area contributed by atoms with Crippen molar-refractivity contribution >= 4 is 17.2 Å². The maximum absolute atomic E-state index is 12.5. The zero-order valence-electron chi connectivity index (χ0n) is 16.3. The highest BCUT2D eigenvalue weighted by Gasteiger charge is 2.18. The fourth-order valence-electron chi connectivity index (χ4n) is 3.85. The van der Waals surface area contributed by atoms with Crippen molar-refractivity contribution in [3.63, 3.8) is 0 Å². The van der Waals surface area contributed by atoms with E-state index in [-0.39, 0.29) is 11.4 Å². The maximum atomic E-state index is 12.5. The third-order valence-electron chi connectivity index (χ3n) is 5.28. The van der Waals surface area contributed by atoms with Gasteiger partial charge in [-0.15, -0.1) is 0 Å². The van der Waals surface area contributed by atoms with Crippen LogP contribution in [0, 0.1) is 5.41 Å². The smallest absolute Gasteiger partial charge is 0.261 e. The lowest BCUT2D eigenvalue weighted by atomic mass is 9.95. The van der Waals surface area contributed by atoms with Crippen molar-refractivity contribution in [2.75, 3.05) is 10.6 Å². The van der Waals surface area contributed by atoms with Gasteiger partial charge in [-0.2, -0.15) is 5.10 Å². The van der Waals surface area contributed by atoms with Gasteiger partial charge in [0.25, 0.3) is 5.56 Å². The van der Waals surface area contributed by atoms with Crippen LogP contribution in [-0.4, -0.2) is 26.6 Å². The summed E-state index contributed by atoms with van der Waals surface area (Å²) in [6, 6.07) is 11.9. The Bertz CT molecular complexity index is 1020. The Labute approximate surface area is 169 Å². The number of hydrogen-bond donors (Lipinski definition) is 4. The van der Waals surface area contributed by atoms with Crippen LogP contribution in [0.25, 0.3) is 0 Å². The van der Waals surface area contributed by atoms with Gasteiger partial charge in [0.2, 0.25) is 0 Å². The van der Waals surface area contributed by atoms with Crippen molar-refractivity contribution in [3.05, 3.63) is 76.5 Å². The van der Waals surface area contributed by atoms with Crippen LogP contribution < -0.4 is 16.2 Å². The number of aromatic amines is 1. The zero-order chi connectivity index (χ0) is 20.1. The molecule has 2 heterocycles. The normalized spacial score (nSPS) is 14.5. The molecule has 0 atom stereocenters. The van der Waals surface area contributed by atoms with Crippen LogP contribution >= 0.6 is 0 Å². The van der Waals surface area contributed by atoms with Gasteiger partial charge in [0.15, 0.2) is 0 Å². The summed E-state index contributed by atoms with van der Waals surface area (Å²) in [5.74, 6) is 0.0846. The summed E-state index contributed by atoms with van der Waals surface area (Å²) in [4.78, 5) is 15.2. The molecular formula is C22H26N6O. The average Bonchev–Trinajstić information content (AvgIpc) is 3.22. The van der Waals surface area contributed by atoms with Crippen LogP contribution in [0.15, 0.2) is 59.8 Å². The molecular weight excluding hydrogens is 364 g/mol. The van der Waals surface area contributed by atoms with Crippen molar-refractivity contribution in [3.8, 4) is 0 Å². The molecule has 29 heavy (non-hydrogen) atoms. The van der Waals surface area contributed by atoms with E-state index < -0.39 is 0 Å². The Morgan fingerprint density at radius 2 is 2.07 bits per heavy atom. The molecule has 0 aliphatic heterocycles. The minimum atomic E-state index is -0.268. The summed E-state index contributed by atoms with van der Waals surface area (Å²) in [6.45, 7) is 0.649. The summed E-state index contributed by atoms with van der Waals surface area (Å²) in [7, 11) is 0. The second kappa shape index (κ2) is 8.77. The second-order valence-electron chi connectivity index (χ2n) is 7.48. The Hall–Kier alpha value is -3.35. The number of pyridine rings is 1. The molecule has 1 fully saturated rings. The number of nitrogens with one attached hydrogen (secondary N) is 4. The van der Waals surface area contributed by atoms with Crippen molar-refractivity contribution < 1.29 is 0 Å². The second-order valence-corrected chi connectivity index (χ2v) is 7.48. The topological polar surface area (TPSA) is 98.6 Å². The molecule has 7 heteroatoms. The van der Waals surface area contributed by atoms with Gasteiger partial charge in [0.1, 0.15) is 11.4 Å². The quantitative estimate of drug-likeness (QED) is 0.380. The highest BCUT2D eigenvalue weighted by Crippen LogP contribution is 2.23. The fraction of sp³-hybridized carbons (Fsp3) is 0.318. The van der Waals surface area contributed by atoms with Gasteiger partial charge in [-0.3, -0.25) is 14.9 Å². The average molecular weight is 390 g/mol. The summed E-state index contributed by atoms with van der Waals surface area (Å²) in [6.07, 6.45) is 11.2. The first-order valence-electron chi connectivity index (χ1n) is 10.1. The number of aromatic nitrogens is 3. The van der Waals surface area contributed by atoms with E-state index in [4.69, 9.17) is 5.41 Å².